The maximum atomic E-state index is 12.0. The highest BCUT2D eigenvalue weighted by Crippen LogP contribution is 2.28. The van der Waals surface area contributed by atoms with Gasteiger partial charge in [0, 0.05) is 16.6 Å². The molecule has 0 fully saturated rings. The van der Waals surface area contributed by atoms with E-state index in [4.69, 9.17) is 4.74 Å². The van der Waals surface area contributed by atoms with Crippen LogP contribution in [0.3, 0.4) is 0 Å². The summed E-state index contributed by atoms with van der Waals surface area (Å²) in [6.45, 7) is 0.710. The second-order valence-electron chi connectivity index (χ2n) is 4.48. The van der Waals surface area contributed by atoms with E-state index < -0.39 is 0 Å². The first-order valence-corrected chi connectivity index (χ1v) is 7.10. The van der Waals surface area contributed by atoms with Crippen LogP contribution < -0.4 is 15.4 Å². The fourth-order valence-corrected chi connectivity index (χ4v) is 2.50. The SMILES string of the molecule is O=C(Nc1ccc2c(c1)CCO2)Nc1ccccc1Br. The molecule has 1 aliphatic heterocycles. The van der Waals surface area contributed by atoms with Crippen LogP contribution in [0, 0.1) is 0 Å². The Balaban J connectivity index is 1.69. The Bertz CT molecular complexity index is 658. The summed E-state index contributed by atoms with van der Waals surface area (Å²) in [6, 6.07) is 12.9. The number of carbonyl (C=O) groups excluding carboxylic acids is 1. The minimum Gasteiger partial charge on any atom is -0.493 e. The Kier molecular flexibility index (Phi) is 3.60. The molecule has 102 valence electrons. The van der Waals surface area contributed by atoms with Gasteiger partial charge in [0.05, 0.1) is 12.3 Å². The summed E-state index contributed by atoms with van der Waals surface area (Å²) in [5.74, 6) is 0.904. The topological polar surface area (TPSA) is 50.4 Å². The molecule has 0 radical (unpaired) electrons. The highest BCUT2D eigenvalue weighted by atomic mass is 79.9. The highest BCUT2D eigenvalue weighted by Gasteiger charge is 2.13. The van der Waals surface area contributed by atoms with Crippen LogP contribution in [0.15, 0.2) is 46.9 Å². The molecule has 1 aliphatic rings. The van der Waals surface area contributed by atoms with Gasteiger partial charge < -0.3 is 15.4 Å². The molecule has 2 aromatic carbocycles. The van der Waals surface area contributed by atoms with Gasteiger partial charge in [0.1, 0.15) is 5.75 Å². The second kappa shape index (κ2) is 5.54. The van der Waals surface area contributed by atoms with E-state index in [9.17, 15) is 4.79 Å². The molecule has 0 spiro atoms. The number of nitrogens with one attached hydrogen (secondary N) is 2. The number of para-hydroxylation sites is 1. The summed E-state index contributed by atoms with van der Waals surface area (Å²) >= 11 is 3.39. The molecule has 0 atom stereocenters. The van der Waals surface area contributed by atoms with Gasteiger partial charge >= 0.3 is 6.03 Å². The summed E-state index contributed by atoms with van der Waals surface area (Å²) in [7, 11) is 0. The molecule has 4 nitrogen and oxygen atoms in total. The van der Waals surface area contributed by atoms with Crippen molar-refractivity contribution in [2.24, 2.45) is 0 Å². The predicted octanol–water partition coefficient (Wildman–Crippen LogP) is 4.03. The summed E-state index contributed by atoms with van der Waals surface area (Å²) in [5.41, 5.74) is 2.62. The van der Waals surface area contributed by atoms with E-state index in [0.717, 1.165) is 33.6 Å². The van der Waals surface area contributed by atoms with E-state index in [0.29, 0.717) is 6.61 Å². The monoisotopic (exact) mass is 332 g/mol. The van der Waals surface area contributed by atoms with Crippen molar-refractivity contribution in [2.45, 2.75) is 6.42 Å². The lowest BCUT2D eigenvalue weighted by molar-refractivity contribution is 0.262. The number of ether oxygens (including phenoxy) is 1. The predicted molar refractivity (Wildman–Crippen MR) is 82.4 cm³/mol. The third kappa shape index (κ3) is 2.77. The average molecular weight is 333 g/mol. The van der Waals surface area contributed by atoms with E-state index in [-0.39, 0.29) is 6.03 Å². The van der Waals surface area contributed by atoms with Crippen LogP contribution in [-0.2, 0) is 6.42 Å². The summed E-state index contributed by atoms with van der Waals surface area (Å²) in [6.07, 6.45) is 0.886. The zero-order valence-corrected chi connectivity index (χ0v) is 12.2. The smallest absolute Gasteiger partial charge is 0.323 e. The Morgan fingerprint density at radius 1 is 1.15 bits per heavy atom. The van der Waals surface area contributed by atoms with Crippen LogP contribution in [0.25, 0.3) is 0 Å². The number of anilines is 2. The van der Waals surface area contributed by atoms with E-state index in [1.807, 2.05) is 42.5 Å². The molecule has 20 heavy (non-hydrogen) atoms. The molecule has 0 unspecified atom stereocenters. The van der Waals surface area contributed by atoms with Gasteiger partial charge in [-0.2, -0.15) is 0 Å². The van der Waals surface area contributed by atoms with Gasteiger partial charge in [0.25, 0.3) is 0 Å². The molecule has 0 aromatic heterocycles. The van der Waals surface area contributed by atoms with Gasteiger partial charge in [0.15, 0.2) is 0 Å². The van der Waals surface area contributed by atoms with Crippen molar-refractivity contribution in [3.63, 3.8) is 0 Å². The van der Waals surface area contributed by atoms with Crippen molar-refractivity contribution in [2.75, 3.05) is 17.2 Å². The highest BCUT2D eigenvalue weighted by molar-refractivity contribution is 9.10. The first kappa shape index (κ1) is 13.0. The number of hydrogen-bond acceptors (Lipinski definition) is 2. The molecule has 0 bridgehead atoms. The summed E-state index contributed by atoms with van der Waals surface area (Å²) in [5, 5.41) is 5.62. The number of carbonyl (C=O) groups is 1. The van der Waals surface area contributed by atoms with Crippen LogP contribution in [0.2, 0.25) is 0 Å². The van der Waals surface area contributed by atoms with Gasteiger partial charge in [-0.25, -0.2) is 4.79 Å². The Morgan fingerprint density at radius 2 is 2.00 bits per heavy atom. The summed E-state index contributed by atoms with van der Waals surface area (Å²) in [4.78, 5) is 12.0. The Labute approximate surface area is 125 Å². The van der Waals surface area contributed by atoms with Gasteiger partial charge in [0.2, 0.25) is 0 Å². The lowest BCUT2D eigenvalue weighted by Crippen LogP contribution is -2.19. The van der Waals surface area contributed by atoms with E-state index in [1.54, 1.807) is 0 Å². The van der Waals surface area contributed by atoms with Crippen LogP contribution in [0.1, 0.15) is 5.56 Å². The van der Waals surface area contributed by atoms with Crippen molar-refractivity contribution < 1.29 is 9.53 Å². The van der Waals surface area contributed by atoms with Crippen molar-refractivity contribution in [1.29, 1.82) is 0 Å². The fraction of sp³-hybridized carbons (Fsp3) is 0.133. The minimum atomic E-state index is -0.268. The van der Waals surface area contributed by atoms with Gasteiger partial charge in [-0.15, -0.1) is 0 Å². The van der Waals surface area contributed by atoms with Crippen LogP contribution in [-0.4, -0.2) is 12.6 Å². The summed E-state index contributed by atoms with van der Waals surface area (Å²) < 4.78 is 6.28. The van der Waals surface area contributed by atoms with Gasteiger partial charge in [-0.05, 0) is 51.8 Å². The number of benzene rings is 2. The third-order valence-corrected chi connectivity index (χ3v) is 3.76. The molecule has 0 aliphatic carbocycles. The van der Waals surface area contributed by atoms with Gasteiger partial charge in [-0.1, -0.05) is 12.1 Å². The first-order valence-electron chi connectivity index (χ1n) is 6.30. The van der Waals surface area contributed by atoms with Crippen LogP contribution in [0.4, 0.5) is 16.2 Å². The number of fused-ring (bicyclic) bond motifs is 1. The lowest BCUT2D eigenvalue weighted by atomic mass is 10.1. The molecule has 2 N–H and O–H groups in total. The van der Waals surface area contributed by atoms with E-state index in [1.165, 1.54) is 0 Å². The molecular formula is C15H13BrN2O2. The quantitative estimate of drug-likeness (QED) is 0.872. The first-order chi connectivity index (χ1) is 9.72. The van der Waals surface area contributed by atoms with Crippen molar-refractivity contribution in [3.8, 4) is 5.75 Å². The average Bonchev–Trinajstić information content (AvgIpc) is 2.89. The van der Waals surface area contributed by atoms with Gasteiger partial charge in [-0.3, -0.25) is 0 Å². The normalized spacial score (nSPS) is 12.4. The molecule has 1 heterocycles. The largest absolute Gasteiger partial charge is 0.493 e. The molecule has 0 saturated carbocycles. The van der Waals surface area contributed by atoms with E-state index in [2.05, 4.69) is 26.6 Å². The molecule has 0 saturated heterocycles. The fourth-order valence-electron chi connectivity index (χ4n) is 2.11. The molecule has 3 rings (SSSR count). The van der Waals surface area contributed by atoms with Crippen molar-refractivity contribution in [3.05, 3.63) is 52.5 Å². The second-order valence-corrected chi connectivity index (χ2v) is 5.33. The Hall–Kier alpha value is -2.01. The number of hydrogen-bond donors (Lipinski definition) is 2. The van der Waals surface area contributed by atoms with Crippen LogP contribution in [0.5, 0.6) is 5.75 Å². The maximum Gasteiger partial charge on any atom is 0.323 e. The van der Waals surface area contributed by atoms with Crippen molar-refractivity contribution >= 4 is 33.3 Å². The zero-order chi connectivity index (χ0) is 13.9. The Morgan fingerprint density at radius 3 is 2.85 bits per heavy atom. The number of halogens is 1. The number of urea groups is 1. The number of rotatable bonds is 2. The van der Waals surface area contributed by atoms with Crippen LogP contribution >= 0.6 is 15.9 Å². The molecule has 5 heteroatoms. The van der Waals surface area contributed by atoms with Crippen molar-refractivity contribution in [1.82, 2.24) is 0 Å². The van der Waals surface area contributed by atoms with E-state index >= 15 is 0 Å². The molecule has 2 amide bonds. The standard InChI is InChI=1S/C15H13BrN2O2/c16-12-3-1-2-4-13(12)18-15(19)17-11-5-6-14-10(9-11)7-8-20-14/h1-6,9H,7-8H2,(H2,17,18,19). The lowest BCUT2D eigenvalue weighted by Gasteiger charge is -2.09. The molecular weight excluding hydrogens is 320 g/mol. The minimum absolute atomic E-state index is 0.268. The zero-order valence-electron chi connectivity index (χ0n) is 10.7. The third-order valence-electron chi connectivity index (χ3n) is 3.07. The molecule has 2 aromatic rings. The number of amides is 2. The maximum absolute atomic E-state index is 12.0.